The van der Waals surface area contributed by atoms with Crippen LogP contribution in [0.2, 0.25) is 0 Å². The third-order valence-corrected chi connectivity index (χ3v) is 0. The van der Waals surface area contributed by atoms with Gasteiger partial charge in [0.2, 0.25) is 0 Å². The molecule has 0 radical (unpaired) electrons. The Morgan fingerprint density at radius 2 is 0.800 bits per heavy atom. The fourth-order valence-corrected chi connectivity index (χ4v) is 0. The molecule has 0 aliphatic rings. The topological polar surface area (TPSA) is 206 Å². The van der Waals surface area contributed by atoms with Gasteiger partial charge in [-0.05, 0) is 0 Å². The molecule has 0 amide bonds. The minimum atomic E-state index is -5.75. The minimum Gasteiger partial charge on any atom is 2.00 e. The summed E-state index contributed by atoms with van der Waals surface area (Å²) in [6, 6.07) is 0. The Kier molecular flexibility index (Phi) is 80.4. The van der Waals surface area contributed by atoms with Gasteiger partial charge < -0.3 is 21.9 Å². The van der Waals surface area contributed by atoms with E-state index in [-0.39, 0.29) is 32.0 Å². The van der Waals surface area contributed by atoms with E-state index < -0.39 is 13.4 Å². The van der Waals surface area contributed by atoms with Gasteiger partial charge in [-0.25, -0.2) is 0 Å². The molecule has 10 heavy (non-hydrogen) atoms. The maximum atomic E-state index is 8.59. The molecule has 0 unspecified atom stereocenters. The average molecular weight is 224 g/mol. The summed E-state index contributed by atoms with van der Waals surface area (Å²) in [5, 5.41) is 0. The van der Waals surface area contributed by atoms with Crippen molar-refractivity contribution in [3.8, 4) is 0 Å². The van der Waals surface area contributed by atoms with E-state index in [1.54, 1.807) is 0 Å². The van der Waals surface area contributed by atoms with E-state index in [4.69, 9.17) is 16.0 Å². The normalized spacial score (nSPS) is 5.80. The molecule has 0 saturated heterocycles. The van der Waals surface area contributed by atoms with E-state index >= 15 is 0 Å². The molecule has 0 bridgehead atoms. The first-order valence-electron chi connectivity index (χ1n) is 0.667. The number of hydrogen-bond donors (Lipinski definition) is 0. The van der Waals surface area contributed by atoms with Crippen molar-refractivity contribution < 1.29 is 38.0 Å². The molecule has 0 saturated carbocycles. The van der Waals surface area contributed by atoms with Gasteiger partial charge >= 0.3 is 39.5 Å². The second kappa shape index (κ2) is 16.0. The molecule has 0 aromatic carbocycles. The van der Waals surface area contributed by atoms with Gasteiger partial charge in [0, 0.05) is 0 Å². The van der Waals surface area contributed by atoms with Crippen molar-refractivity contribution in [3.63, 3.8) is 0 Å². The SMILES string of the molecule is O.O.O.O.O=[Se](=O)([O-])[O-].[Be+2]. The number of hydrogen-bond acceptors (Lipinski definition) is 4. The van der Waals surface area contributed by atoms with Crippen molar-refractivity contribution in [1.29, 1.82) is 0 Å². The molecule has 0 aliphatic carbocycles. The minimum absolute atomic E-state index is 0. The van der Waals surface area contributed by atoms with E-state index in [1.807, 2.05) is 0 Å². The molecule has 0 aromatic rings. The Labute approximate surface area is 62.2 Å². The van der Waals surface area contributed by atoms with Crippen LogP contribution in [-0.2, 0) is 7.67 Å². The molecule has 0 fully saturated rings. The standard InChI is InChI=1S/Be.H2O4Se.4H2O/c;1-5(2,3)4;;;;/h;(H2,1,2,3,4);4*1H2/q+2;;;;;/p-2. The smallest absolute Gasteiger partial charge is 2.00 e. The first-order chi connectivity index (χ1) is 2.00. The molecule has 8 N–H and O–H groups in total. The molecule has 0 aliphatic heterocycles. The van der Waals surface area contributed by atoms with Crippen molar-refractivity contribution in [2.24, 2.45) is 0 Å². The van der Waals surface area contributed by atoms with Gasteiger partial charge in [0.05, 0.1) is 0 Å². The first kappa shape index (κ1) is 50.2. The molecule has 0 aromatic heterocycles. The predicted octanol–water partition coefficient (Wildman–Crippen LogP) is -6.68. The van der Waals surface area contributed by atoms with Crippen LogP contribution in [0.5, 0.6) is 0 Å². The zero-order valence-corrected chi connectivity index (χ0v) is 6.46. The van der Waals surface area contributed by atoms with Gasteiger partial charge in [-0.15, -0.1) is 0 Å². The second-order valence-electron chi connectivity index (χ2n) is 0.408. The molecule has 0 heterocycles. The van der Waals surface area contributed by atoms with Crippen molar-refractivity contribution in [2.45, 2.75) is 0 Å². The summed E-state index contributed by atoms with van der Waals surface area (Å²) in [5.41, 5.74) is 0. The summed E-state index contributed by atoms with van der Waals surface area (Å²) in [5.74, 6) is 0. The van der Waals surface area contributed by atoms with Crippen molar-refractivity contribution >= 4 is 23.5 Å². The van der Waals surface area contributed by atoms with E-state index in [9.17, 15) is 0 Å². The van der Waals surface area contributed by atoms with Crippen molar-refractivity contribution in [2.75, 3.05) is 0 Å². The Morgan fingerprint density at radius 3 is 0.800 bits per heavy atom. The van der Waals surface area contributed by atoms with Gasteiger partial charge in [-0.2, -0.15) is 0 Å². The van der Waals surface area contributed by atoms with Gasteiger partial charge in [0.15, 0.2) is 0 Å². The molecule has 8 nitrogen and oxygen atoms in total. The number of rotatable bonds is 0. The Hall–Kier alpha value is 0.0483. The van der Waals surface area contributed by atoms with E-state index in [0.717, 1.165) is 0 Å². The van der Waals surface area contributed by atoms with Crippen LogP contribution < -0.4 is 8.38 Å². The third-order valence-electron chi connectivity index (χ3n) is 0. The summed E-state index contributed by atoms with van der Waals surface area (Å²) in [6.07, 6.45) is 0. The molecule has 64 valence electrons. The van der Waals surface area contributed by atoms with Crippen LogP contribution in [0.25, 0.3) is 0 Å². The third kappa shape index (κ3) is 171000. The maximum absolute atomic E-state index is 8.59. The second-order valence-corrected chi connectivity index (χ2v) is 2.12. The molecule has 0 atom stereocenters. The van der Waals surface area contributed by atoms with Crippen LogP contribution in [0.1, 0.15) is 0 Å². The molecular weight excluding hydrogens is 216 g/mol. The quantitative estimate of drug-likeness (QED) is 0.367. The molecule has 0 rings (SSSR count). The van der Waals surface area contributed by atoms with E-state index in [0.29, 0.717) is 0 Å². The molecule has 10 heteroatoms. The summed E-state index contributed by atoms with van der Waals surface area (Å²) in [7, 11) is 0. The fraction of sp³-hybridized carbons (Fsp3) is 0. The van der Waals surface area contributed by atoms with Crippen LogP contribution in [0.15, 0.2) is 0 Å². The zero-order valence-electron chi connectivity index (χ0n) is 4.75. The Balaban J connectivity index is -0.00000000800. The summed E-state index contributed by atoms with van der Waals surface area (Å²) in [4.78, 5) is 0. The van der Waals surface area contributed by atoms with Crippen LogP contribution in [0.4, 0.5) is 0 Å². The summed E-state index contributed by atoms with van der Waals surface area (Å²) >= 11 is -5.75. The Bertz CT molecular complexity index is 92.4. The van der Waals surface area contributed by atoms with Gasteiger partial charge in [-0.1, -0.05) is 0 Å². The van der Waals surface area contributed by atoms with Crippen LogP contribution in [0, 0.1) is 0 Å². The van der Waals surface area contributed by atoms with Crippen LogP contribution in [-0.4, -0.2) is 45.4 Å². The van der Waals surface area contributed by atoms with Crippen LogP contribution >= 0.6 is 0 Å². The molecular formula is H8BeO8Se. The predicted molar refractivity (Wildman–Crippen MR) is 27.3 cm³/mol. The van der Waals surface area contributed by atoms with Crippen molar-refractivity contribution in [3.05, 3.63) is 0 Å². The van der Waals surface area contributed by atoms with E-state index in [2.05, 4.69) is 0 Å². The maximum Gasteiger partial charge on any atom is 2.00 e. The monoisotopic (exact) mass is 225 g/mol. The zero-order chi connectivity index (χ0) is 4.50. The van der Waals surface area contributed by atoms with Gasteiger partial charge in [-0.3, -0.25) is 0 Å². The molecule has 0 spiro atoms. The van der Waals surface area contributed by atoms with Crippen molar-refractivity contribution in [1.82, 2.24) is 0 Å². The summed E-state index contributed by atoms with van der Waals surface area (Å²) in [6.45, 7) is 0. The fourth-order valence-electron chi connectivity index (χ4n) is 0. The van der Waals surface area contributed by atoms with E-state index in [1.165, 1.54) is 0 Å². The van der Waals surface area contributed by atoms with Gasteiger partial charge in [0.25, 0.3) is 0 Å². The summed E-state index contributed by atoms with van der Waals surface area (Å²) < 4.78 is 34.4. The average Bonchev–Trinajstić information content (AvgIpc) is 0.722. The van der Waals surface area contributed by atoms with Crippen LogP contribution in [0.3, 0.4) is 0 Å². The largest absolute Gasteiger partial charge is 2.00 e. The first-order valence-corrected chi connectivity index (χ1v) is 3.46. The van der Waals surface area contributed by atoms with Gasteiger partial charge in [0.1, 0.15) is 0 Å². The Morgan fingerprint density at radius 1 is 0.800 bits per heavy atom.